The van der Waals surface area contributed by atoms with Gasteiger partial charge in [-0.1, -0.05) is 0 Å². The Balaban J connectivity index is 2.32. The van der Waals surface area contributed by atoms with E-state index in [1.54, 1.807) is 0 Å². The van der Waals surface area contributed by atoms with Gasteiger partial charge < -0.3 is 0 Å². The Labute approximate surface area is 57.1 Å². The molecule has 0 aromatic heterocycles. The van der Waals surface area contributed by atoms with Crippen LogP contribution in [0.25, 0.3) is 0 Å². The number of rotatable bonds is 0. The van der Waals surface area contributed by atoms with E-state index in [9.17, 15) is 0 Å². The van der Waals surface area contributed by atoms with Gasteiger partial charge in [0.1, 0.15) is 0 Å². The third-order valence-corrected chi connectivity index (χ3v) is 0. The summed E-state index contributed by atoms with van der Waals surface area (Å²) in [4.78, 5) is 0. The van der Waals surface area contributed by atoms with Crippen LogP contribution in [0.15, 0.2) is 0 Å². The van der Waals surface area contributed by atoms with Gasteiger partial charge in [0.15, 0.2) is 0 Å². The molecule has 0 fully saturated rings. The van der Waals surface area contributed by atoms with Crippen LogP contribution in [0.3, 0.4) is 0 Å². The summed E-state index contributed by atoms with van der Waals surface area (Å²) in [6.45, 7) is 0. The molecule has 0 saturated heterocycles. The Morgan fingerprint density at radius 3 is 1.50 bits per heavy atom. The van der Waals surface area contributed by atoms with Crippen molar-refractivity contribution in [2.45, 2.75) is 0 Å². The first kappa shape index (κ1) is 6.46. The Kier molecular flexibility index (Phi) is 5.88. The van der Waals surface area contributed by atoms with E-state index < -0.39 is 0 Å². The molecule has 0 aliphatic heterocycles. The molecule has 0 aromatic carbocycles. The third kappa shape index (κ3) is 8.82. The zero-order valence-electron chi connectivity index (χ0n) is 2.96. The van der Waals surface area contributed by atoms with Crippen LogP contribution in [0.2, 0.25) is 0 Å². The van der Waals surface area contributed by atoms with E-state index in [1.165, 1.54) is 0 Å². The van der Waals surface area contributed by atoms with E-state index in [4.69, 9.17) is 0 Å². The molecule has 12 valence electrons. The van der Waals surface area contributed by atoms with Crippen molar-refractivity contribution < 1.29 is 0 Å². The fourth-order valence-corrected chi connectivity index (χ4v) is 0. The fraction of sp³-hybridized carbons (Fsp3) is 0. The van der Waals surface area contributed by atoms with Crippen LogP contribution in [0.5, 0.6) is 0 Å². The van der Waals surface area contributed by atoms with Gasteiger partial charge in [-0.15, -0.1) is 0 Å². The second kappa shape index (κ2) is 3.64. The van der Waals surface area contributed by atoms with Crippen molar-refractivity contribution in [1.82, 2.24) is 0 Å². The van der Waals surface area contributed by atoms with E-state index in [0.717, 1.165) is 0 Å². The molecule has 0 radical (unpaired) electrons. The molecule has 0 spiro atoms. The first-order valence-corrected chi connectivity index (χ1v) is 7.86. The van der Waals surface area contributed by atoms with Crippen molar-refractivity contribution in [3.05, 3.63) is 0 Å². The van der Waals surface area contributed by atoms with Crippen LogP contribution in [0.4, 0.5) is 0 Å². The van der Waals surface area contributed by atoms with Gasteiger partial charge in [-0.2, -0.15) is 0 Å². The summed E-state index contributed by atoms with van der Waals surface area (Å²) in [6.07, 6.45) is -0.169. The fourth-order valence-electron chi connectivity index (χ4n) is 0. The van der Waals surface area contributed by atoms with E-state index in [0.29, 0.717) is 0 Å². The first-order chi connectivity index (χ1) is 1.73. The summed E-state index contributed by atoms with van der Waals surface area (Å²) in [5.41, 5.74) is 0. The molecule has 0 rings (SSSR count). The van der Waals surface area contributed by atoms with Gasteiger partial charge in [0.05, 0.1) is 0 Å². The molecule has 0 aromatic rings. The Morgan fingerprint density at radius 2 is 1.50 bits per heavy atom. The summed E-state index contributed by atoms with van der Waals surface area (Å²) in [6, 6.07) is 0. The third-order valence-electron chi connectivity index (χ3n) is 0. The van der Waals surface area contributed by atoms with Gasteiger partial charge in [0.25, 0.3) is 0 Å². The monoisotopic (exact) mass is 168 g/mol. The van der Waals surface area contributed by atoms with Crippen molar-refractivity contribution in [1.29, 1.82) is 0 Å². The van der Waals surface area contributed by atoms with Crippen molar-refractivity contribution in [3.8, 4) is 0 Å². The Bertz CT molecular complexity index is 10.8. The quantitative estimate of drug-likeness (QED) is 0.345. The SMILES string of the molecule is [Li][Al]([Li])[I]. The minimum atomic E-state index is -0.169. The topological polar surface area (TPSA) is 0 Å². The molecule has 0 aliphatic rings. The van der Waals surface area contributed by atoms with E-state index in [2.05, 4.69) is 51.7 Å². The molecule has 0 heterocycles. The Morgan fingerprint density at radius 1 is 1.50 bits per heavy atom. The van der Waals surface area contributed by atoms with Crippen LogP contribution in [-0.2, 0) is 0 Å². The van der Waals surface area contributed by atoms with Gasteiger partial charge >= 0.3 is 58.1 Å². The molecule has 0 unspecified atom stereocenters. The van der Waals surface area contributed by atoms with E-state index in [1.807, 2.05) is 0 Å². The molecule has 0 nitrogen and oxygen atoms in total. The van der Waals surface area contributed by atoms with Gasteiger partial charge in [0.2, 0.25) is 0 Å². The number of hydrogen-bond acceptors (Lipinski definition) is 0. The molecule has 0 saturated carbocycles. The van der Waals surface area contributed by atoms with Gasteiger partial charge in [-0.3, -0.25) is 0 Å². The molecule has 0 bridgehead atoms. The average molecular weight is 168 g/mol. The molecule has 0 aliphatic carbocycles. The zero-order valence-corrected chi connectivity index (χ0v) is 6.27. The minimum absolute atomic E-state index is 0.169. The second-order valence-electron chi connectivity index (χ2n) is 1.01. The molecule has 0 atom stereocenters. The molecule has 4 heteroatoms. The van der Waals surface area contributed by atoms with Gasteiger partial charge in [-0.25, -0.2) is 0 Å². The van der Waals surface area contributed by atoms with Crippen molar-refractivity contribution in [2.24, 2.45) is 0 Å². The maximum atomic E-state index is 2.48. The van der Waals surface area contributed by atoms with Crippen molar-refractivity contribution >= 4 is 58.1 Å². The van der Waals surface area contributed by atoms with Crippen LogP contribution in [-0.4, -0.2) is 37.9 Å². The van der Waals surface area contributed by atoms with Crippen LogP contribution in [0, 0.1) is 0 Å². The molecule has 4 heavy (non-hydrogen) atoms. The summed E-state index contributed by atoms with van der Waals surface area (Å²) in [7, 11) is 0. The predicted molar refractivity (Wildman–Crippen MR) is 31.3 cm³/mol. The summed E-state index contributed by atoms with van der Waals surface area (Å²) >= 11 is 7.07. The van der Waals surface area contributed by atoms with E-state index in [-0.39, 0.29) is 6.45 Å². The first-order valence-electron chi connectivity index (χ1n) is 1.37. The van der Waals surface area contributed by atoms with Crippen molar-refractivity contribution in [2.75, 3.05) is 0 Å². The van der Waals surface area contributed by atoms with Crippen LogP contribution >= 0.6 is 20.3 Å². The maximum absolute atomic E-state index is 2.48. The summed E-state index contributed by atoms with van der Waals surface area (Å²) < 4.78 is 0. The number of hydrogen-bond donors (Lipinski definition) is 0. The van der Waals surface area contributed by atoms with Gasteiger partial charge in [0, 0.05) is 0 Å². The zero-order chi connectivity index (χ0) is 3.58. The molecule has 0 amide bonds. The second-order valence-corrected chi connectivity index (χ2v) is 10.5. The molecular weight excluding hydrogens is 168 g/mol. The van der Waals surface area contributed by atoms with Crippen LogP contribution in [0.1, 0.15) is 0 Å². The summed E-state index contributed by atoms with van der Waals surface area (Å²) in [5.74, 6) is 0. The Hall–Kier alpha value is 2.46. The predicted octanol–water partition coefficient (Wildman–Crippen LogP) is -0.257. The molecular formula is AlILi2. The summed E-state index contributed by atoms with van der Waals surface area (Å²) in [5, 5.41) is 0. The van der Waals surface area contributed by atoms with Gasteiger partial charge in [-0.05, 0) is 0 Å². The molecule has 0 N–H and O–H groups in total. The van der Waals surface area contributed by atoms with E-state index >= 15 is 0 Å². The normalized spacial score (nSPS) is 7.25. The van der Waals surface area contributed by atoms with Crippen molar-refractivity contribution in [3.63, 3.8) is 0 Å². The average Bonchev–Trinajstić information content (AvgIpc) is 0.811. The standard InChI is InChI=1S/Al.HI.2Li/h;1H;;/q+1;;;/p-1. The number of halogens is 1. The van der Waals surface area contributed by atoms with Crippen LogP contribution < -0.4 is 0 Å².